The van der Waals surface area contributed by atoms with Gasteiger partial charge in [-0.15, -0.1) is 0 Å². The Balaban J connectivity index is 1.94. The molecule has 1 aliphatic rings. The molecule has 1 atom stereocenters. The first-order valence-corrected chi connectivity index (χ1v) is 6.97. The third-order valence-corrected chi connectivity index (χ3v) is 4.05. The van der Waals surface area contributed by atoms with Gasteiger partial charge in [0.2, 0.25) is 0 Å². The van der Waals surface area contributed by atoms with Crippen molar-refractivity contribution in [2.75, 3.05) is 25.0 Å². The maximum atomic E-state index is 4.56. The third-order valence-electron chi connectivity index (χ3n) is 4.05. The van der Waals surface area contributed by atoms with E-state index in [-0.39, 0.29) is 0 Å². The molecule has 2 aromatic rings. The Hall–Kier alpha value is -1.62. The lowest BCUT2D eigenvalue weighted by Crippen LogP contribution is -2.33. The number of imidazole rings is 1. The van der Waals surface area contributed by atoms with Gasteiger partial charge in [0.25, 0.3) is 0 Å². The highest BCUT2D eigenvalue weighted by Gasteiger charge is 2.20. The number of rotatable bonds is 2. The molecular weight excluding hydrogens is 238 g/mol. The number of nitrogens with zero attached hydrogens (tertiary/aromatic N) is 4. The van der Waals surface area contributed by atoms with Gasteiger partial charge >= 0.3 is 0 Å². The molecule has 0 radical (unpaired) electrons. The van der Waals surface area contributed by atoms with E-state index in [0.717, 1.165) is 29.9 Å². The second-order valence-electron chi connectivity index (χ2n) is 5.30. The van der Waals surface area contributed by atoms with E-state index in [9.17, 15) is 0 Å². The number of anilines is 1. The molecule has 0 saturated carbocycles. The molecular formula is C14H21N5. The second-order valence-corrected chi connectivity index (χ2v) is 5.30. The van der Waals surface area contributed by atoms with E-state index in [2.05, 4.69) is 27.2 Å². The van der Waals surface area contributed by atoms with Crippen LogP contribution in [0.1, 0.15) is 19.3 Å². The average Bonchev–Trinajstić information content (AvgIpc) is 2.68. The molecule has 3 rings (SSSR count). The largest absolute Gasteiger partial charge is 0.355 e. The molecule has 0 spiro atoms. The first-order chi connectivity index (χ1) is 9.27. The summed E-state index contributed by atoms with van der Waals surface area (Å²) in [5, 5.41) is 3.46. The number of pyridine rings is 1. The Bertz CT molecular complexity index is 554. The highest BCUT2D eigenvalue weighted by atomic mass is 15.2. The molecule has 102 valence electrons. The van der Waals surface area contributed by atoms with Crippen LogP contribution < -0.4 is 10.2 Å². The first-order valence-electron chi connectivity index (χ1n) is 6.97. The number of aryl methyl sites for hydroxylation is 1. The zero-order valence-corrected chi connectivity index (χ0v) is 11.6. The predicted molar refractivity (Wildman–Crippen MR) is 77.4 cm³/mol. The molecule has 1 N–H and O–H groups in total. The summed E-state index contributed by atoms with van der Waals surface area (Å²) in [4.78, 5) is 11.4. The quantitative estimate of drug-likeness (QED) is 0.889. The van der Waals surface area contributed by atoms with Gasteiger partial charge in [0.15, 0.2) is 5.82 Å². The Morgan fingerprint density at radius 2 is 2.21 bits per heavy atom. The fourth-order valence-electron chi connectivity index (χ4n) is 2.87. The van der Waals surface area contributed by atoms with E-state index in [1.54, 1.807) is 0 Å². The van der Waals surface area contributed by atoms with Crippen LogP contribution in [0.2, 0.25) is 0 Å². The van der Waals surface area contributed by atoms with E-state index in [4.69, 9.17) is 0 Å². The second kappa shape index (κ2) is 5.17. The van der Waals surface area contributed by atoms with E-state index >= 15 is 0 Å². The molecule has 2 aromatic heterocycles. The van der Waals surface area contributed by atoms with E-state index in [1.807, 2.05) is 30.2 Å². The fraction of sp³-hybridized carbons (Fsp3) is 0.571. The summed E-state index contributed by atoms with van der Waals surface area (Å²) in [6, 6.07) is 2.57. The summed E-state index contributed by atoms with van der Waals surface area (Å²) >= 11 is 0. The van der Waals surface area contributed by atoms with Gasteiger partial charge in [0.1, 0.15) is 5.52 Å². The van der Waals surface area contributed by atoms with Crippen LogP contribution in [0.15, 0.2) is 18.6 Å². The summed E-state index contributed by atoms with van der Waals surface area (Å²) in [5.41, 5.74) is 2.15. The van der Waals surface area contributed by atoms with Gasteiger partial charge in [-0.2, -0.15) is 0 Å². The minimum absolute atomic E-state index is 0.551. The Labute approximate surface area is 113 Å². The van der Waals surface area contributed by atoms with Crippen molar-refractivity contribution in [3.05, 3.63) is 18.6 Å². The SMILES string of the molecule is CN(c1nccc2c1ncn2C)C1CCCNCC1. The van der Waals surface area contributed by atoms with Crippen LogP contribution in [0.5, 0.6) is 0 Å². The topological polar surface area (TPSA) is 46.0 Å². The van der Waals surface area contributed by atoms with Crippen molar-refractivity contribution in [1.29, 1.82) is 0 Å². The van der Waals surface area contributed by atoms with Crippen LogP contribution in [0.4, 0.5) is 5.82 Å². The van der Waals surface area contributed by atoms with Crippen molar-refractivity contribution >= 4 is 16.9 Å². The van der Waals surface area contributed by atoms with Gasteiger partial charge in [0, 0.05) is 26.3 Å². The van der Waals surface area contributed by atoms with Crippen LogP contribution in [0.3, 0.4) is 0 Å². The summed E-state index contributed by atoms with van der Waals surface area (Å²) in [5.74, 6) is 1.00. The standard InChI is InChI=1S/C14H21N5/c1-18-10-17-13-12(18)6-9-16-14(13)19(2)11-4-3-7-15-8-5-11/h6,9-11,15H,3-5,7-8H2,1-2H3. The molecule has 5 nitrogen and oxygen atoms in total. The molecule has 1 unspecified atom stereocenters. The fourth-order valence-corrected chi connectivity index (χ4v) is 2.87. The third kappa shape index (κ3) is 2.30. The van der Waals surface area contributed by atoms with E-state index < -0.39 is 0 Å². The zero-order valence-electron chi connectivity index (χ0n) is 11.6. The first kappa shape index (κ1) is 12.4. The molecule has 0 amide bonds. The molecule has 19 heavy (non-hydrogen) atoms. The number of hydrogen-bond acceptors (Lipinski definition) is 4. The van der Waals surface area contributed by atoms with Crippen LogP contribution >= 0.6 is 0 Å². The Morgan fingerprint density at radius 1 is 1.32 bits per heavy atom. The van der Waals surface area contributed by atoms with Crippen molar-refractivity contribution in [1.82, 2.24) is 19.9 Å². The molecule has 1 saturated heterocycles. The monoisotopic (exact) mass is 259 g/mol. The van der Waals surface area contributed by atoms with Crippen LogP contribution in [0.25, 0.3) is 11.0 Å². The number of fused-ring (bicyclic) bond motifs is 1. The molecule has 5 heteroatoms. The molecule has 1 aliphatic heterocycles. The minimum atomic E-state index is 0.551. The van der Waals surface area contributed by atoms with Gasteiger partial charge in [-0.05, 0) is 38.4 Å². The number of nitrogens with one attached hydrogen (secondary N) is 1. The smallest absolute Gasteiger partial charge is 0.156 e. The van der Waals surface area contributed by atoms with Crippen LogP contribution in [-0.4, -0.2) is 40.7 Å². The maximum absolute atomic E-state index is 4.56. The lowest BCUT2D eigenvalue weighted by Gasteiger charge is -2.28. The minimum Gasteiger partial charge on any atom is -0.355 e. The zero-order chi connectivity index (χ0) is 13.2. The normalized spacial score (nSPS) is 20.4. The van der Waals surface area contributed by atoms with Crippen molar-refractivity contribution in [2.45, 2.75) is 25.3 Å². The van der Waals surface area contributed by atoms with Gasteiger partial charge in [0.05, 0.1) is 11.8 Å². The van der Waals surface area contributed by atoms with Gasteiger partial charge < -0.3 is 14.8 Å². The molecule has 0 bridgehead atoms. The summed E-state index contributed by atoms with van der Waals surface area (Å²) in [7, 11) is 4.17. The van der Waals surface area contributed by atoms with Crippen molar-refractivity contribution in [3.63, 3.8) is 0 Å². The van der Waals surface area contributed by atoms with Gasteiger partial charge in [-0.1, -0.05) is 0 Å². The van der Waals surface area contributed by atoms with Gasteiger partial charge in [-0.25, -0.2) is 9.97 Å². The Kier molecular flexibility index (Phi) is 3.38. The molecule has 0 aromatic carbocycles. The number of aromatic nitrogens is 3. The summed E-state index contributed by atoms with van der Waals surface area (Å²) in [6.07, 6.45) is 7.35. The summed E-state index contributed by atoms with van der Waals surface area (Å²) in [6.45, 7) is 2.22. The molecule has 0 aliphatic carbocycles. The predicted octanol–water partition coefficient (Wildman–Crippen LogP) is 1.55. The highest BCUT2D eigenvalue weighted by Crippen LogP contribution is 2.25. The molecule has 3 heterocycles. The van der Waals surface area contributed by atoms with Crippen LogP contribution in [0, 0.1) is 0 Å². The van der Waals surface area contributed by atoms with Crippen molar-refractivity contribution < 1.29 is 0 Å². The average molecular weight is 259 g/mol. The number of hydrogen-bond donors (Lipinski definition) is 1. The lowest BCUT2D eigenvalue weighted by molar-refractivity contribution is 0.564. The van der Waals surface area contributed by atoms with Crippen molar-refractivity contribution in [3.8, 4) is 0 Å². The van der Waals surface area contributed by atoms with E-state index in [0.29, 0.717) is 6.04 Å². The highest BCUT2D eigenvalue weighted by molar-refractivity contribution is 5.86. The maximum Gasteiger partial charge on any atom is 0.156 e. The molecule has 1 fully saturated rings. The summed E-state index contributed by atoms with van der Waals surface area (Å²) < 4.78 is 2.04. The van der Waals surface area contributed by atoms with Crippen LogP contribution in [-0.2, 0) is 7.05 Å². The van der Waals surface area contributed by atoms with Gasteiger partial charge in [-0.3, -0.25) is 0 Å². The van der Waals surface area contributed by atoms with Crippen molar-refractivity contribution in [2.24, 2.45) is 7.05 Å². The van der Waals surface area contributed by atoms with E-state index in [1.165, 1.54) is 19.3 Å². The Morgan fingerprint density at radius 3 is 3.11 bits per heavy atom. The lowest BCUT2D eigenvalue weighted by atomic mass is 10.1.